The van der Waals surface area contributed by atoms with Crippen LogP contribution in [0.5, 0.6) is 0 Å². The van der Waals surface area contributed by atoms with E-state index in [1.54, 1.807) is 0 Å². The van der Waals surface area contributed by atoms with E-state index in [4.69, 9.17) is 16.7 Å². The SMILES string of the molecule is O=C(O)c1cc(-c2ccccc2)ncc1Cl. The molecule has 0 aliphatic heterocycles. The summed E-state index contributed by atoms with van der Waals surface area (Å²) in [6.45, 7) is 0. The molecule has 0 aliphatic carbocycles. The van der Waals surface area contributed by atoms with Gasteiger partial charge < -0.3 is 5.11 Å². The highest BCUT2D eigenvalue weighted by Crippen LogP contribution is 2.22. The van der Waals surface area contributed by atoms with Crippen molar-refractivity contribution in [1.29, 1.82) is 0 Å². The zero-order chi connectivity index (χ0) is 11.5. The largest absolute Gasteiger partial charge is 0.478 e. The second kappa shape index (κ2) is 4.33. The monoisotopic (exact) mass is 233 g/mol. The van der Waals surface area contributed by atoms with Crippen LogP contribution in [0.25, 0.3) is 11.3 Å². The number of nitrogens with zero attached hydrogens (tertiary/aromatic N) is 1. The molecule has 3 nitrogen and oxygen atoms in total. The minimum absolute atomic E-state index is 0.0653. The van der Waals surface area contributed by atoms with Crippen LogP contribution >= 0.6 is 11.6 Å². The number of carboxylic acids is 1. The van der Waals surface area contributed by atoms with Gasteiger partial charge in [0.05, 0.1) is 16.3 Å². The van der Waals surface area contributed by atoms with Crippen molar-refractivity contribution >= 4 is 17.6 Å². The van der Waals surface area contributed by atoms with E-state index >= 15 is 0 Å². The van der Waals surface area contributed by atoms with E-state index in [-0.39, 0.29) is 10.6 Å². The van der Waals surface area contributed by atoms with Crippen molar-refractivity contribution < 1.29 is 9.90 Å². The average Bonchev–Trinajstić information content (AvgIpc) is 2.30. The Hall–Kier alpha value is -1.87. The van der Waals surface area contributed by atoms with Crippen molar-refractivity contribution in [3.8, 4) is 11.3 Å². The molecule has 0 unspecified atom stereocenters. The number of rotatable bonds is 2. The molecule has 0 saturated carbocycles. The minimum Gasteiger partial charge on any atom is -0.478 e. The smallest absolute Gasteiger partial charge is 0.337 e. The van der Waals surface area contributed by atoms with E-state index in [1.807, 2.05) is 30.3 Å². The summed E-state index contributed by atoms with van der Waals surface area (Å²) in [5, 5.41) is 9.07. The van der Waals surface area contributed by atoms with Crippen LogP contribution in [0.1, 0.15) is 10.4 Å². The predicted molar refractivity (Wildman–Crippen MR) is 61.6 cm³/mol. The molecule has 1 heterocycles. The van der Waals surface area contributed by atoms with Gasteiger partial charge in [-0.3, -0.25) is 4.98 Å². The number of aromatic nitrogens is 1. The molecule has 1 N–H and O–H groups in total. The van der Waals surface area contributed by atoms with E-state index in [0.717, 1.165) is 5.56 Å². The van der Waals surface area contributed by atoms with Crippen LogP contribution in [-0.2, 0) is 0 Å². The molecule has 0 amide bonds. The molecule has 0 fully saturated rings. The third-order valence-corrected chi connectivity index (χ3v) is 2.46. The van der Waals surface area contributed by atoms with Crippen molar-refractivity contribution in [2.75, 3.05) is 0 Å². The molecule has 80 valence electrons. The summed E-state index contributed by atoms with van der Waals surface area (Å²) in [5.41, 5.74) is 1.53. The van der Waals surface area contributed by atoms with Gasteiger partial charge in [-0.2, -0.15) is 0 Å². The van der Waals surface area contributed by atoms with Crippen LogP contribution in [0, 0.1) is 0 Å². The highest BCUT2D eigenvalue weighted by molar-refractivity contribution is 6.33. The molecule has 0 bridgehead atoms. The van der Waals surface area contributed by atoms with Gasteiger partial charge in [0.25, 0.3) is 0 Å². The molecule has 2 aromatic rings. The van der Waals surface area contributed by atoms with Crippen LogP contribution in [-0.4, -0.2) is 16.1 Å². The van der Waals surface area contributed by atoms with Gasteiger partial charge in [-0.15, -0.1) is 0 Å². The second-order valence-corrected chi connectivity index (χ2v) is 3.63. The predicted octanol–water partition coefficient (Wildman–Crippen LogP) is 3.10. The summed E-state index contributed by atoms with van der Waals surface area (Å²) < 4.78 is 0. The molecule has 0 atom stereocenters. The highest BCUT2D eigenvalue weighted by atomic mass is 35.5. The maximum atomic E-state index is 10.9. The van der Waals surface area contributed by atoms with Gasteiger partial charge in [0.15, 0.2) is 0 Å². The lowest BCUT2D eigenvalue weighted by Crippen LogP contribution is -1.99. The molecular formula is C12H8ClNO2. The average molecular weight is 234 g/mol. The maximum Gasteiger partial charge on any atom is 0.337 e. The van der Waals surface area contributed by atoms with Gasteiger partial charge in [0.2, 0.25) is 0 Å². The van der Waals surface area contributed by atoms with Crippen LogP contribution in [0.15, 0.2) is 42.6 Å². The van der Waals surface area contributed by atoms with E-state index in [1.165, 1.54) is 12.3 Å². The number of hydrogen-bond acceptors (Lipinski definition) is 2. The van der Waals surface area contributed by atoms with Crippen molar-refractivity contribution in [2.45, 2.75) is 0 Å². The lowest BCUT2D eigenvalue weighted by Gasteiger charge is -2.03. The molecule has 0 radical (unpaired) electrons. The van der Waals surface area contributed by atoms with Gasteiger partial charge in [-0.25, -0.2) is 4.79 Å². The van der Waals surface area contributed by atoms with Crippen LogP contribution in [0.2, 0.25) is 5.02 Å². The Balaban J connectivity index is 2.52. The maximum absolute atomic E-state index is 10.9. The van der Waals surface area contributed by atoms with Crippen LogP contribution < -0.4 is 0 Å². The fraction of sp³-hybridized carbons (Fsp3) is 0. The number of benzene rings is 1. The number of halogens is 1. The number of aromatic carboxylic acids is 1. The Kier molecular flexibility index (Phi) is 2.88. The third kappa shape index (κ3) is 2.04. The second-order valence-electron chi connectivity index (χ2n) is 3.22. The molecule has 1 aromatic carbocycles. The first kappa shape index (κ1) is 10.6. The fourth-order valence-corrected chi connectivity index (χ4v) is 1.55. The van der Waals surface area contributed by atoms with Gasteiger partial charge >= 0.3 is 5.97 Å². The van der Waals surface area contributed by atoms with Gasteiger partial charge in [-0.05, 0) is 6.07 Å². The fourth-order valence-electron chi connectivity index (χ4n) is 1.37. The summed E-state index contributed by atoms with van der Waals surface area (Å²) >= 11 is 5.74. The molecule has 0 spiro atoms. The first-order valence-corrected chi connectivity index (χ1v) is 5.00. The molecule has 16 heavy (non-hydrogen) atoms. The van der Waals surface area contributed by atoms with Crippen LogP contribution in [0.4, 0.5) is 0 Å². The van der Waals surface area contributed by atoms with Crippen molar-refractivity contribution in [3.05, 3.63) is 53.2 Å². The number of carbonyl (C=O) groups is 1. The summed E-state index contributed by atoms with van der Waals surface area (Å²) in [6.07, 6.45) is 1.35. The summed E-state index contributed by atoms with van der Waals surface area (Å²) in [5.74, 6) is -1.05. The summed E-state index contributed by atoms with van der Waals surface area (Å²) in [7, 11) is 0. The Morgan fingerprint density at radius 2 is 1.94 bits per heavy atom. The topological polar surface area (TPSA) is 50.2 Å². The van der Waals surface area contributed by atoms with E-state index in [9.17, 15) is 4.79 Å². The first-order chi connectivity index (χ1) is 7.68. The van der Waals surface area contributed by atoms with E-state index in [2.05, 4.69) is 4.98 Å². The molecular weight excluding hydrogens is 226 g/mol. The van der Waals surface area contributed by atoms with E-state index < -0.39 is 5.97 Å². The normalized spacial score (nSPS) is 10.1. The molecule has 1 aromatic heterocycles. The van der Waals surface area contributed by atoms with Crippen LogP contribution in [0.3, 0.4) is 0 Å². The number of hydrogen-bond donors (Lipinski definition) is 1. The quantitative estimate of drug-likeness (QED) is 0.867. The van der Waals surface area contributed by atoms with Gasteiger partial charge in [0.1, 0.15) is 0 Å². The standard InChI is InChI=1S/C12H8ClNO2/c13-10-7-14-11(6-9(10)12(15)16)8-4-2-1-3-5-8/h1-7H,(H,15,16). The Morgan fingerprint density at radius 3 is 2.56 bits per heavy atom. The van der Waals surface area contributed by atoms with Gasteiger partial charge in [0, 0.05) is 11.8 Å². The molecule has 2 rings (SSSR count). The molecule has 0 saturated heterocycles. The number of carboxylic acid groups (broad SMARTS) is 1. The Labute approximate surface area is 97.3 Å². The zero-order valence-electron chi connectivity index (χ0n) is 8.22. The Morgan fingerprint density at radius 1 is 1.25 bits per heavy atom. The lowest BCUT2D eigenvalue weighted by atomic mass is 10.1. The Bertz CT molecular complexity index is 526. The minimum atomic E-state index is -1.05. The van der Waals surface area contributed by atoms with Gasteiger partial charge in [-0.1, -0.05) is 41.9 Å². The lowest BCUT2D eigenvalue weighted by molar-refractivity contribution is 0.0697. The zero-order valence-corrected chi connectivity index (χ0v) is 8.98. The van der Waals surface area contributed by atoms with Crippen molar-refractivity contribution in [2.24, 2.45) is 0 Å². The van der Waals surface area contributed by atoms with Crippen molar-refractivity contribution in [3.63, 3.8) is 0 Å². The van der Waals surface area contributed by atoms with E-state index in [0.29, 0.717) is 5.69 Å². The number of pyridine rings is 1. The summed E-state index contributed by atoms with van der Waals surface area (Å²) in [6, 6.07) is 10.8. The molecule has 4 heteroatoms. The molecule has 0 aliphatic rings. The summed E-state index contributed by atoms with van der Waals surface area (Å²) in [4.78, 5) is 15.0. The first-order valence-electron chi connectivity index (χ1n) is 4.63. The highest BCUT2D eigenvalue weighted by Gasteiger charge is 2.10. The van der Waals surface area contributed by atoms with Crippen molar-refractivity contribution in [1.82, 2.24) is 4.98 Å². The third-order valence-electron chi connectivity index (χ3n) is 2.16.